The molecule has 0 radical (unpaired) electrons. The van der Waals surface area contributed by atoms with E-state index in [4.69, 9.17) is 4.74 Å². The first-order chi connectivity index (χ1) is 13.7. The highest BCUT2D eigenvalue weighted by Gasteiger charge is 2.37. The number of aliphatic hydroxyl groups is 1. The van der Waals surface area contributed by atoms with Crippen LogP contribution in [-0.2, 0) is 6.18 Å². The predicted molar refractivity (Wildman–Crippen MR) is 96.0 cm³/mol. The standard InChI is InChI=1S/C19H18F4N4O2/c20-12-2-1-3-14(8-12)29-16-9-15(19(21,22)23)25-17(26-16)27-7-6-18(28,11-27)10-24-13-4-5-13/h1-3,6-9,13,24,28H,4-5,10-11H2/t18-/m1/s1. The molecule has 2 heterocycles. The fraction of sp³-hybridized carbons (Fsp3) is 0.368. The molecular formula is C19H18F4N4O2. The number of β-amino-alcohol motifs (C(OH)–C–C–N with tert-alkyl or cyclic N) is 1. The Morgan fingerprint density at radius 3 is 2.72 bits per heavy atom. The van der Waals surface area contributed by atoms with Gasteiger partial charge in [-0.3, -0.25) is 0 Å². The van der Waals surface area contributed by atoms with E-state index in [-0.39, 0.29) is 30.7 Å². The monoisotopic (exact) mass is 410 g/mol. The maximum atomic E-state index is 13.3. The Morgan fingerprint density at radius 2 is 2.03 bits per heavy atom. The maximum Gasteiger partial charge on any atom is 0.433 e. The number of ether oxygens (including phenoxy) is 1. The lowest BCUT2D eigenvalue weighted by molar-refractivity contribution is -0.141. The highest BCUT2D eigenvalue weighted by atomic mass is 19.4. The van der Waals surface area contributed by atoms with Gasteiger partial charge in [0.15, 0.2) is 5.69 Å². The molecule has 1 fully saturated rings. The topological polar surface area (TPSA) is 70.5 Å². The van der Waals surface area contributed by atoms with Crippen LogP contribution in [0.5, 0.6) is 11.6 Å². The predicted octanol–water partition coefficient (Wildman–Crippen LogP) is 3.24. The lowest BCUT2D eigenvalue weighted by Gasteiger charge is -2.24. The van der Waals surface area contributed by atoms with E-state index in [1.54, 1.807) is 0 Å². The molecule has 154 valence electrons. The number of nitrogens with zero attached hydrogens (tertiary/aromatic N) is 3. The van der Waals surface area contributed by atoms with Crippen molar-refractivity contribution in [3.8, 4) is 11.6 Å². The van der Waals surface area contributed by atoms with Gasteiger partial charge in [0.1, 0.15) is 17.2 Å². The molecule has 0 saturated heterocycles. The Morgan fingerprint density at radius 1 is 1.24 bits per heavy atom. The molecular weight excluding hydrogens is 392 g/mol. The van der Waals surface area contributed by atoms with Gasteiger partial charge in [-0.25, -0.2) is 9.37 Å². The summed E-state index contributed by atoms with van der Waals surface area (Å²) in [6, 6.07) is 6.01. The van der Waals surface area contributed by atoms with Gasteiger partial charge < -0.3 is 20.1 Å². The van der Waals surface area contributed by atoms with Crippen molar-refractivity contribution in [3.05, 3.63) is 54.1 Å². The molecule has 4 rings (SSSR count). The molecule has 0 bridgehead atoms. The summed E-state index contributed by atoms with van der Waals surface area (Å²) in [6.07, 6.45) is 0.294. The quantitative estimate of drug-likeness (QED) is 0.713. The van der Waals surface area contributed by atoms with E-state index in [1.807, 2.05) is 0 Å². The third-order valence-electron chi connectivity index (χ3n) is 4.54. The van der Waals surface area contributed by atoms with Crippen molar-refractivity contribution >= 4 is 5.95 Å². The van der Waals surface area contributed by atoms with Gasteiger partial charge in [0.05, 0.1) is 6.54 Å². The van der Waals surface area contributed by atoms with E-state index in [1.165, 1.54) is 35.4 Å². The van der Waals surface area contributed by atoms with Crippen LogP contribution in [0.3, 0.4) is 0 Å². The molecule has 2 N–H and O–H groups in total. The molecule has 1 atom stereocenters. The Bertz CT molecular complexity index is 933. The van der Waals surface area contributed by atoms with Crippen LogP contribution in [0.4, 0.5) is 23.5 Å². The van der Waals surface area contributed by atoms with Crippen molar-refractivity contribution in [2.24, 2.45) is 0 Å². The number of aromatic nitrogens is 2. The summed E-state index contributed by atoms with van der Waals surface area (Å²) in [4.78, 5) is 8.91. The highest BCUT2D eigenvalue weighted by Crippen LogP contribution is 2.33. The van der Waals surface area contributed by atoms with Crippen molar-refractivity contribution in [2.75, 3.05) is 18.0 Å². The lowest BCUT2D eigenvalue weighted by Crippen LogP contribution is -2.44. The molecule has 1 aliphatic heterocycles. The van der Waals surface area contributed by atoms with Gasteiger partial charge in [0, 0.05) is 30.9 Å². The molecule has 6 nitrogen and oxygen atoms in total. The van der Waals surface area contributed by atoms with Gasteiger partial charge in [0.25, 0.3) is 0 Å². The van der Waals surface area contributed by atoms with E-state index >= 15 is 0 Å². The van der Waals surface area contributed by atoms with Crippen LogP contribution < -0.4 is 15.0 Å². The van der Waals surface area contributed by atoms with Gasteiger partial charge in [-0.05, 0) is 31.1 Å². The third kappa shape index (κ3) is 4.83. The Hall–Kier alpha value is -2.72. The van der Waals surface area contributed by atoms with Gasteiger partial charge in [-0.1, -0.05) is 6.07 Å². The Labute approximate surface area is 163 Å². The molecule has 0 unspecified atom stereocenters. The van der Waals surface area contributed by atoms with Gasteiger partial charge in [-0.15, -0.1) is 0 Å². The second-order valence-electron chi connectivity index (χ2n) is 7.15. The third-order valence-corrected chi connectivity index (χ3v) is 4.54. The first-order valence-corrected chi connectivity index (χ1v) is 9.02. The molecule has 10 heteroatoms. The van der Waals surface area contributed by atoms with Gasteiger partial charge in [-0.2, -0.15) is 18.2 Å². The second-order valence-corrected chi connectivity index (χ2v) is 7.15. The van der Waals surface area contributed by atoms with Crippen molar-refractivity contribution in [1.82, 2.24) is 15.3 Å². The Kier molecular flexibility index (Phi) is 4.91. The van der Waals surface area contributed by atoms with Crippen molar-refractivity contribution in [3.63, 3.8) is 0 Å². The highest BCUT2D eigenvalue weighted by molar-refractivity contribution is 5.44. The van der Waals surface area contributed by atoms with Gasteiger partial charge in [0.2, 0.25) is 11.8 Å². The lowest BCUT2D eigenvalue weighted by atomic mass is 10.1. The van der Waals surface area contributed by atoms with Crippen LogP contribution >= 0.6 is 0 Å². The number of rotatable bonds is 6. The number of benzene rings is 1. The normalized spacial score (nSPS) is 21.6. The zero-order valence-electron chi connectivity index (χ0n) is 15.2. The zero-order valence-corrected chi connectivity index (χ0v) is 15.2. The smallest absolute Gasteiger partial charge is 0.433 e. The number of halogens is 4. The summed E-state index contributed by atoms with van der Waals surface area (Å²) in [5.74, 6) is -1.24. The van der Waals surface area contributed by atoms with E-state index in [9.17, 15) is 22.7 Å². The van der Waals surface area contributed by atoms with E-state index in [2.05, 4.69) is 15.3 Å². The van der Waals surface area contributed by atoms with Crippen LogP contribution in [-0.4, -0.2) is 39.8 Å². The number of nitrogens with one attached hydrogen (secondary N) is 1. The summed E-state index contributed by atoms with van der Waals surface area (Å²) in [7, 11) is 0. The molecule has 1 aromatic carbocycles. The maximum absolute atomic E-state index is 13.3. The van der Waals surface area contributed by atoms with Gasteiger partial charge >= 0.3 is 6.18 Å². The molecule has 1 aliphatic carbocycles. The molecule has 2 aromatic rings. The number of hydrogen-bond acceptors (Lipinski definition) is 6. The SMILES string of the molecule is O[C@@]1(CNC2CC2)C=CN(c2nc(Oc3cccc(F)c3)cc(C(F)(F)F)n2)C1. The summed E-state index contributed by atoms with van der Waals surface area (Å²) >= 11 is 0. The number of alkyl halides is 3. The average molecular weight is 410 g/mol. The minimum absolute atomic E-state index is 0.00452. The van der Waals surface area contributed by atoms with Crippen molar-refractivity contribution < 1.29 is 27.4 Å². The van der Waals surface area contributed by atoms with Crippen molar-refractivity contribution in [2.45, 2.75) is 30.7 Å². The summed E-state index contributed by atoms with van der Waals surface area (Å²) in [6.45, 7) is 0.268. The minimum atomic E-state index is -4.73. The zero-order chi connectivity index (χ0) is 20.6. The summed E-state index contributed by atoms with van der Waals surface area (Å²) in [5, 5.41) is 13.8. The fourth-order valence-electron chi connectivity index (χ4n) is 2.88. The van der Waals surface area contributed by atoms with E-state index < -0.39 is 23.3 Å². The minimum Gasteiger partial charge on any atom is -0.439 e. The molecule has 0 spiro atoms. The molecule has 1 aromatic heterocycles. The average Bonchev–Trinajstić information content (AvgIpc) is 3.40. The van der Waals surface area contributed by atoms with E-state index in [0.717, 1.165) is 18.9 Å². The molecule has 0 amide bonds. The fourth-order valence-corrected chi connectivity index (χ4v) is 2.88. The van der Waals surface area contributed by atoms with Crippen LogP contribution in [0.2, 0.25) is 0 Å². The molecule has 29 heavy (non-hydrogen) atoms. The Balaban J connectivity index is 1.58. The second kappa shape index (κ2) is 7.27. The first kappa shape index (κ1) is 19.6. The summed E-state index contributed by atoms with van der Waals surface area (Å²) < 4.78 is 58.6. The van der Waals surface area contributed by atoms with Crippen LogP contribution in [0.15, 0.2) is 42.6 Å². The van der Waals surface area contributed by atoms with Crippen LogP contribution in [0.25, 0.3) is 0 Å². The summed E-state index contributed by atoms with van der Waals surface area (Å²) in [5.41, 5.74) is -2.45. The van der Waals surface area contributed by atoms with Crippen LogP contribution in [0, 0.1) is 5.82 Å². The molecule has 2 aliphatic rings. The molecule has 1 saturated carbocycles. The largest absolute Gasteiger partial charge is 0.439 e. The van der Waals surface area contributed by atoms with Crippen molar-refractivity contribution in [1.29, 1.82) is 0 Å². The van der Waals surface area contributed by atoms with E-state index in [0.29, 0.717) is 12.1 Å². The first-order valence-electron chi connectivity index (χ1n) is 9.02. The number of anilines is 1. The van der Waals surface area contributed by atoms with Crippen LogP contribution in [0.1, 0.15) is 18.5 Å². The number of hydrogen-bond donors (Lipinski definition) is 2.